The maximum absolute atomic E-state index is 12.1. The maximum Gasteiger partial charge on any atom is 0.277 e. The van der Waals surface area contributed by atoms with Gasteiger partial charge in [0.2, 0.25) is 0 Å². The second kappa shape index (κ2) is 4.95. The van der Waals surface area contributed by atoms with Crippen molar-refractivity contribution in [2.45, 2.75) is 13.1 Å². The van der Waals surface area contributed by atoms with Crippen LogP contribution in [0.25, 0.3) is 0 Å². The fourth-order valence-corrected chi connectivity index (χ4v) is 2.78. The topological polar surface area (TPSA) is 121 Å². The van der Waals surface area contributed by atoms with Crippen LogP contribution in [0, 0.1) is 0 Å². The number of hydrogen-bond acceptors (Lipinski definition) is 4. The van der Waals surface area contributed by atoms with Crippen LogP contribution < -0.4 is 10.5 Å². The van der Waals surface area contributed by atoms with Crippen LogP contribution >= 0.6 is 0 Å². The zero-order valence-electron chi connectivity index (χ0n) is 10.9. The number of benzene rings is 1. The molecule has 110 valence electrons. The van der Waals surface area contributed by atoms with E-state index in [1.807, 2.05) is 6.07 Å². The number of hydrogen-bond donors (Lipinski definition) is 3. The lowest BCUT2D eigenvalue weighted by Gasteiger charge is -2.11. The molecule has 3 rings (SSSR count). The quantitative estimate of drug-likeness (QED) is 0.749. The van der Waals surface area contributed by atoms with Gasteiger partial charge in [0, 0.05) is 17.7 Å². The zero-order valence-corrected chi connectivity index (χ0v) is 11.7. The van der Waals surface area contributed by atoms with Crippen LogP contribution in [0.2, 0.25) is 0 Å². The standard InChI is InChI=1S/C12H13N5O3S/c13-21(19,20)17-6-9-10(7-17)15-16-11(9)14-12(18)8-4-2-1-3-5-8/h1-5H,6-7H2,(H2,13,19,20)(H2,14,15,16,18). The zero-order chi connectivity index (χ0) is 15.0. The van der Waals surface area contributed by atoms with Gasteiger partial charge in [-0.1, -0.05) is 18.2 Å². The molecule has 1 aromatic heterocycles. The molecule has 21 heavy (non-hydrogen) atoms. The van der Waals surface area contributed by atoms with Crippen molar-refractivity contribution in [3.63, 3.8) is 0 Å². The summed E-state index contributed by atoms with van der Waals surface area (Å²) in [5.74, 6) is 0.0176. The number of nitrogens with one attached hydrogen (secondary N) is 2. The minimum absolute atomic E-state index is 0.0923. The highest BCUT2D eigenvalue weighted by molar-refractivity contribution is 7.86. The van der Waals surface area contributed by atoms with Crippen LogP contribution in [-0.2, 0) is 23.3 Å². The Balaban J connectivity index is 1.80. The first-order valence-corrected chi connectivity index (χ1v) is 7.66. The van der Waals surface area contributed by atoms with Gasteiger partial charge in [0.15, 0.2) is 5.82 Å². The molecule has 0 aliphatic carbocycles. The van der Waals surface area contributed by atoms with Crippen LogP contribution in [0.1, 0.15) is 21.6 Å². The highest BCUT2D eigenvalue weighted by atomic mass is 32.2. The highest BCUT2D eigenvalue weighted by Crippen LogP contribution is 2.28. The van der Waals surface area contributed by atoms with Gasteiger partial charge in [-0.25, -0.2) is 5.14 Å². The van der Waals surface area contributed by atoms with Gasteiger partial charge < -0.3 is 5.32 Å². The first kappa shape index (κ1) is 13.7. The van der Waals surface area contributed by atoms with Gasteiger partial charge in [-0.2, -0.15) is 17.8 Å². The second-order valence-electron chi connectivity index (χ2n) is 4.66. The number of anilines is 1. The van der Waals surface area contributed by atoms with E-state index in [-0.39, 0.29) is 19.0 Å². The molecule has 1 aliphatic rings. The SMILES string of the molecule is NS(=O)(=O)N1Cc2[nH]nc(NC(=O)c3ccccc3)c2C1. The molecule has 0 saturated heterocycles. The Kier molecular flexibility index (Phi) is 3.24. The smallest absolute Gasteiger partial charge is 0.277 e. The predicted octanol–water partition coefficient (Wildman–Crippen LogP) is 0.181. The minimum atomic E-state index is -3.76. The second-order valence-corrected chi connectivity index (χ2v) is 6.21. The number of aromatic amines is 1. The molecule has 1 aliphatic heterocycles. The van der Waals surface area contributed by atoms with Crippen molar-refractivity contribution in [1.29, 1.82) is 0 Å². The normalized spacial score (nSPS) is 14.9. The summed E-state index contributed by atoms with van der Waals surface area (Å²) >= 11 is 0. The average Bonchev–Trinajstić information content (AvgIpc) is 3.01. The average molecular weight is 307 g/mol. The number of nitrogens with two attached hydrogens (primary N) is 1. The largest absolute Gasteiger partial charge is 0.305 e. The Bertz CT molecular complexity index is 784. The molecule has 0 unspecified atom stereocenters. The monoisotopic (exact) mass is 307 g/mol. The third-order valence-corrected chi connectivity index (χ3v) is 4.23. The van der Waals surface area contributed by atoms with Crippen molar-refractivity contribution >= 4 is 21.9 Å². The van der Waals surface area contributed by atoms with Crippen molar-refractivity contribution in [2.75, 3.05) is 5.32 Å². The number of aromatic nitrogens is 2. The maximum atomic E-state index is 12.1. The highest BCUT2D eigenvalue weighted by Gasteiger charge is 2.31. The van der Waals surface area contributed by atoms with Gasteiger partial charge in [0.1, 0.15) is 0 Å². The van der Waals surface area contributed by atoms with Gasteiger partial charge in [-0.15, -0.1) is 0 Å². The number of fused-ring (bicyclic) bond motifs is 1. The van der Waals surface area contributed by atoms with E-state index in [0.717, 1.165) is 4.31 Å². The molecule has 0 spiro atoms. The van der Waals surface area contributed by atoms with E-state index in [9.17, 15) is 13.2 Å². The van der Waals surface area contributed by atoms with Crippen LogP contribution in [0.15, 0.2) is 30.3 Å². The molecule has 4 N–H and O–H groups in total. The number of amides is 1. The van der Waals surface area contributed by atoms with E-state index >= 15 is 0 Å². The van der Waals surface area contributed by atoms with Crippen molar-refractivity contribution < 1.29 is 13.2 Å². The molecule has 0 radical (unpaired) electrons. The summed E-state index contributed by atoms with van der Waals surface area (Å²) in [5.41, 5.74) is 1.76. The number of carbonyl (C=O) groups is 1. The lowest BCUT2D eigenvalue weighted by Crippen LogP contribution is -2.32. The Morgan fingerprint density at radius 1 is 1.29 bits per heavy atom. The Labute approximate surface area is 121 Å². The molecule has 0 atom stereocenters. The van der Waals surface area contributed by atoms with Gasteiger partial charge in [0.05, 0.1) is 12.2 Å². The molecular formula is C12H13N5O3S. The summed E-state index contributed by atoms with van der Waals surface area (Å²) in [6.45, 7) is 0.220. The first-order chi connectivity index (χ1) is 9.95. The Morgan fingerprint density at radius 3 is 2.67 bits per heavy atom. The number of rotatable bonds is 3. The lowest BCUT2D eigenvalue weighted by atomic mass is 10.2. The molecule has 0 fully saturated rings. The van der Waals surface area contributed by atoms with E-state index in [1.165, 1.54) is 0 Å². The van der Waals surface area contributed by atoms with E-state index in [4.69, 9.17) is 5.14 Å². The summed E-state index contributed by atoms with van der Waals surface area (Å²) in [6, 6.07) is 8.68. The Hall–Kier alpha value is -2.23. The van der Waals surface area contributed by atoms with Crippen LogP contribution in [0.4, 0.5) is 5.82 Å². The third kappa shape index (κ3) is 2.66. The molecule has 0 saturated carbocycles. The van der Waals surface area contributed by atoms with Crippen LogP contribution in [0.5, 0.6) is 0 Å². The number of H-pyrrole nitrogens is 1. The fourth-order valence-electron chi connectivity index (χ4n) is 2.16. The fraction of sp³-hybridized carbons (Fsp3) is 0.167. The van der Waals surface area contributed by atoms with Gasteiger partial charge in [-0.3, -0.25) is 9.89 Å². The summed E-state index contributed by atoms with van der Waals surface area (Å²) in [6.07, 6.45) is 0. The minimum Gasteiger partial charge on any atom is -0.305 e. The summed E-state index contributed by atoms with van der Waals surface area (Å²) in [5, 5.41) is 14.5. The molecule has 9 heteroatoms. The lowest BCUT2D eigenvalue weighted by molar-refractivity contribution is 0.102. The molecule has 1 aromatic carbocycles. The molecule has 8 nitrogen and oxygen atoms in total. The van der Waals surface area contributed by atoms with Crippen molar-refractivity contribution in [2.24, 2.45) is 5.14 Å². The van der Waals surface area contributed by atoms with Crippen LogP contribution in [-0.4, -0.2) is 28.8 Å². The van der Waals surface area contributed by atoms with Gasteiger partial charge >= 0.3 is 0 Å². The molecule has 1 amide bonds. The van der Waals surface area contributed by atoms with Crippen LogP contribution in [0.3, 0.4) is 0 Å². The first-order valence-electron chi connectivity index (χ1n) is 6.15. The molecule has 2 heterocycles. The van der Waals surface area contributed by atoms with Gasteiger partial charge in [0.25, 0.3) is 16.1 Å². The molecule has 0 bridgehead atoms. The van der Waals surface area contributed by atoms with E-state index in [2.05, 4.69) is 15.5 Å². The predicted molar refractivity (Wildman–Crippen MR) is 75.3 cm³/mol. The number of carbonyl (C=O) groups excluding carboxylic acids is 1. The van der Waals surface area contributed by atoms with Gasteiger partial charge in [-0.05, 0) is 12.1 Å². The third-order valence-electron chi connectivity index (χ3n) is 3.25. The molecular weight excluding hydrogens is 294 g/mol. The number of nitrogens with zero attached hydrogens (tertiary/aromatic N) is 2. The van der Waals surface area contributed by atoms with E-state index in [0.29, 0.717) is 22.6 Å². The summed E-state index contributed by atoms with van der Waals surface area (Å²) in [7, 11) is -3.76. The van der Waals surface area contributed by atoms with E-state index in [1.54, 1.807) is 24.3 Å². The van der Waals surface area contributed by atoms with E-state index < -0.39 is 10.2 Å². The van der Waals surface area contributed by atoms with Crippen molar-refractivity contribution in [1.82, 2.24) is 14.5 Å². The van der Waals surface area contributed by atoms with Crippen molar-refractivity contribution in [3.8, 4) is 0 Å². The summed E-state index contributed by atoms with van der Waals surface area (Å²) in [4.78, 5) is 12.1. The summed E-state index contributed by atoms with van der Waals surface area (Å²) < 4.78 is 23.8. The Morgan fingerprint density at radius 2 is 2.00 bits per heavy atom. The van der Waals surface area contributed by atoms with Crippen molar-refractivity contribution in [3.05, 3.63) is 47.2 Å². The molecule has 2 aromatic rings.